The molecule has 1 unspecified atom stereocenters. The molecule has 23 heavy (non-hydrogen) atoms. The van der Waals surface area contributed by atoms with E-state index in [-0.39, 0.29) is 17.0 Å². The van der Waals surface area contributed by atoms with Crippen LogP contribution in [0.2, 0.25) is 0 Å². The maximum absolute atomic E-state index is 11.7. The molecule has 3 rings (SSSR count). The van der Waals surface area contributed by atoms with Gasteiger partial charge in [0.15, 0.2) is 0 Å². The first-order valence-corrected chi connectivity index (χ1v) is 6.69. The number of fused-ring (bicyclic) bond motifs is 1. The molecule has 0 saturated carbocycles. The van der Waals surface area contributed by atoms with Gasteiger partial charge in [-0.1, -0.05) is 12.1 Å². The zero-order chi connectivity index (χ0) is 16.7. The lowest BCUT2D eigenvalue weighted by Crippen LogP contribution is -2.30. The molecule has 2 N–H and O–H groups in total. The van der Waals surface area contributed by atoms with Crippen LogP contribution in [0.3, 0.4) is 0 Å². The van der Waals surface area contributed by atoms with Crippen molar-refractivity contribution in [2.75, 3.05) is 0 Å². The van der Waals surface area contributed by atoms with Crippen molar-refractivity contribution in [1.82, 2.24) is 15.6 Å². The summed E-state index contributed by atoms with van der Waals surface area (Å²) in [6, 6.07) is 4.86. The predicted molar refractivity (Wildman–Crippen MR) is 77.7 cm³/mol. The van der Waals surface area contributed by atoms with Crippen molar-refractivity contribution >= 4 is 17.0 Å². The molecule has 0 fully saturated rings. The van der Waals surface area contributed by atoms with Gasteiger partial charge in [-0.3, -0.25) is 10.1 Å². The highest BCUT2D eigenvalue weighted by atomic mass is 16.6. The first-order valence-electron chi connectivity index (χ1n) is 6.69. The number of nitrogens with zero attached hydrogens (tertiary/aromatic N) is 3. The molecular formula is C14H12N4O5. The average molecular weight is 316 g/mol. The van der Waals surface area contributed by atoms with Gasteiger partial charge in [-0.15, -0.1) is 0 Å². The first-order chi connectivity index (χ1) is 10.9. The van der Waals surface area contributed by atoms with Crippen molar-refractivity contribution in [3.05, 3.63) is 56.5 Å². The van der Waals surface area contributed by atoms with E-state index >= 15 is 0 Å². The van der Waals surface area contributed by atoms with Gasteiger partial charge in [0.2, 0.25) is 0 Å². The highest BCUT2D eigenvalue weighted by Crippen LogP contribution is 2.40. The van der Waals surface area contributed by atoms with Crippen molar-refractivity contribution in [2.24, 2.45) is 0 Å². The Morgan fingerprint density at radius 1 is 1.35 bits per heavy atom. The van der Waals surface area contributed by atoms with E-state index < -0.39 is 16.8 Å². The number of nitrogens with one attached hydrogen (secondary N) is 1. The monoisotopic (exact) mass is 316 g/mol. The molecule has 0 aliphatic carbocycles. The number of allylic oxidation sites excluding steroid dienone is 3. The fourth-order valence-electron chi connectivity index (χ4n) is 2.87. The first kappa shape index (κ1) is 14.7. The van der Waals surface area contributed by atoms with Crippen LogP contribution in [-0.2, 0) is 4.79 Å². The summed E-state index contributed by atoms with van der Waals surface area (Å²) in [5.41, 5.74) is 1.38. The number of hydrogen-bond donors (Lipinski definition) is 2. The SMILES string of the molecule is CC1=C(C(=O)O)C(c2cccc3nonc23)C([N+](=O)[O-])=C(C)N1. The van der Waals surface area contributed by atoms with E-state index in [2.05, 4.69) is 20.3 Å². The Balaban J connectivity index is 2.33. The molecule has 1 aliphatic heterocycles. The second-order valence-electron chi connectivity index (χ2n) is 5.15. The molecule has 1 atom stereocenters. The second kappa shape index (κ2) is 5.20. The van der Waals surface area contributed by atoms with E-state index in [9.17, 15) is 20.0 Å². The van der Waals surface area contributed by atoms with Crippen molar-refractivity contribution < 1.29 is 19.5 Å². The van der Waals surface area contributed by atoms with E-state index in [1.807, 2.05) is 0 Å². The van der Waals surface area contributed by atoms with E-state index in [1.54, 1.807) is 25.1 Å². The largest absolute Gasteiger partial charge is 0.478 e. The van der Waals surface area contributed by atoms with Gasteiger partial charge in [0.25, 0.3) is 5.70 Å². The topological polar surface area (TPSA) is 131 Å². The number of carbonyl (C=O) groups is 1. The van der Waals surface area contributed by atoms with Crippen molar-refractivity contribution in [3.63, 3.8) is 0 Å². The lowest BCUT2D eigenvalue weighted by atomic mass is 9.83. The molecule has 118 valence electrons. The maximum Gasteiger partial charge on any atom is 0.334 e. The van der Waals surface area contributed by atoms with Crippen molar-refractivity contribution in [3.8, 4) is 0 Å². The van der Waals surface area contributed by atoms with Gasteiger partial charge >= 0.3 is 5.97 Å². The van der Waals surface area contributed by atoms with Crippen molar-refractivity contribution in [1.29, 1.82) is 0 Å². The van der Waals surface area contributed by atoms with Gasteiger partial charge < -0.3 is 10.4 Å². The van der Waals surface area contributed by atoms with E-state index in [1.165, 1.54) is 6.92 Å². The van der Waals surface area contributed by atoms with Crippen LogP contribution in [0, 0.1) is 10.1 Å². The fraction of sp³-hybridized carbons (Fsp3) is 0.214. The Morgan fingerprint density at radius 3 is 2.74 bits per heavy atom. The molecule has 2 heterocycles. The Kier molecular flexibility index (Phi) is 3.32. The molecule has 2 aromatic rings. The minimum atomic E-state index is -1.24. The lowest BCUT2D eigenvalue weighted by Gasteiger charge is -2.25. The predicted octanol–water partition coefficient (Wildman–Crippen LogP) is 1.78. The summed E-state index contributed by atoms with van der Waals surface area (Å²) in [7, 11) is 0. The normalized spacial score (nSPS) is 18.3. The quantitative estimate of drug-likeness (QED) is 0.647. The van der Waals surface area contributed by atoms with Crippen LogP contribution in [0.1, 0.15) is 25.3 Å². The number of benzene rings is 1. The van der Waals surface area contributed by atoms with Gasteiger partial charge in [-0.2, -0.15) is 0 Å². The molecular weight excluding hydrogens is 304 g/mol. The molecule has 0 spiro atoms. The van der Waals surface area contributed by atoms with Gasteiger partial charge in [0, 0.05) is 11.3 Å². The number of dihydropyridines is 1. The smallest absolute Gasteiger partial charge is 0.334 e. The number of rotatable bonds is 3. The lowest BCUT2D eigenvalue weighted by molar-refractivity contribution is -0.431. The summed E-state index contributed by atoms with van der Waals surface area (Å²) in [5.74, 6) is -2.31. The number of hydrogen-bond acceptors (Lipinski definition) is 7. The highest BCUT2D eigenvalue weighted by molar-refractivity contribution is 5.92. The highest BCUT2D eigenvalue weighted by Gasteiger charge is 2.41. The molecule has 1 aliphatic rings. The summed E-state index contributed by atoms with van der Waals surface area (Å²) in [5, 5.41) is 31.3. The Bertz CT molecular complexity index is 859. The number of aliphatic carboxylic acids is 1. The molecule has 1 aromatic carbocycles. The standard InChI is InChI=1S/C14H12N4O5/c1-6-10(14(19)20)11(13(18(21)22)7(2)15-6)8-4-3-5-9-12(8)17-23-16-9/h3-5,11,15H,1-2H3,(H,19,20). The van der Waals surface area contributed by atoms with Gasteiger partial charge in [0.1, 0.15) is 17.0 Å². The van der Waals surface area contributed by atoms with Crippen LogP contribution < -0.4 is 5.32 Å². The van der Waals surface area contributed by atoms with E-state index in [0.29, 0.717) is 22.3 Å². The van der Waals surface area contributed by atoms with Crippen LogP contribution in [0.5, 0.6) is 0 Å². The third-order valence-electron chi connectivity index (χ3n) is 3.78. The molecule has 0 radical (unpaired) electrons. The minimum absolute atomic E-state index is 0.0993. The summed E-state index contributed by atoms with van der Waals surface area (Å²) in [4.78, 5) is 22.7. The van der Waals surface area contributed by atoms with Crippen LogP contribution in [0.4, 0.5) is 0 Å². The summed E-state index contributed by atoms with van der Waals surface area (Å²) in [6.45, 7) is 3.10. The Labute approximate surface area is 129 Å². The van der Waals surface area contributed by atoms with Gasteiger partial charge in [-0.25, -0.2) is 9.42 Å². The average Bonchev–Trinajstić information content (AvgIpc) is 2.93. The molecule has 0 saturated heterocycles. The Hall–Kier alpha value is -3.23. The number of nitro groups is 1. The minimum Gasteiger partial charge on any atom is -0.478 e. The third-order valence-corrected chi connectivity index (χ3v) is 3.78. The van der Waals surface area contributed by atoms with Crippen molar-refractivity contribution in [2.45, 2.75) is 19.8 Å². The molecule has 1 aromatic heterocycles. The summed E-state index contributed by atoms with van der Waals surface area (Å²) < 4.78 is 4.68. The number of carboxylic acid groups (broad SMARTS) is 1. The van der Waals surface area contributed by atoms with Crippen LogP contribution in [0.25, 0.3) is 11.0 Å². The van der Waals surface area contributed by atoms with E-state index in [0.717, 1.165) is 0 Å². The molecule has 9 heteroatoms. The van der Waals surface area contributed by atoms with E-state index in [4.69, 9.17) is 0 Å². The van der Waals surface area contributed by atoms with Crippen LogP contribution >= 0.6 is 0 Å². The van der Waals surface area contributed by atoms with Crippen LogP contribution in [0.15, 0.2) is 45.5 Å². The van der Waals surface area contributed by atoms with Gasteiger partial charge in [0.05, 0.1) is 16.2 Å². The number of carboxylic acids is 1. The number of aromatic nitrogens is 2. The maximum atomic E-state index is 11.7. The zero-order valence-corrected chi connectivity index (χ0v) is 12.2. The summed E-state index contributed by atoms with van der Waals surface area (Å²) in [6.07, 6.45) is 0. The fourth-order valence-corrected chi connectivity index (χ4v) is 2.87. The molecule has 9 nitrogen and oxygen atoms in total. The molecule has 0 amide bonds. The van der Waals surface area contributed by atoms with Gasteiger partial charge in [-0.05, 0) is 30.2 Å². The zero-order valence-electron chi connectivity index (χ0n) is 12.2. The second-order valence-corrected chi connectivity index (χ2v) is 5.15. The third kappa shape index (κ3) is 2.22. The Morgan fingerprint density at radius 2 is 2.09 bits per heavy atom. The van der Waals surface area contributed by atoms with Crippen LogP contribution in [-0.4, -0.2) is 26.3 Å². The summed E-state index contributed by atoms with van der Waals surface area (Å²) >= 11 is 0. The molecule has 0 bridgehead atoms.